The Bertz CT molecular complexity index is 5010. The number of benzene rings is 2. The molecule has 0 unspecified atom stereocenters. The minimum atomic E-state index is -0.987. The van der Waals surface area contributed by atoms with Crippen LogP contribution in [0.2, 0.25) is 0 Å². The average molecular weight is 1800 g/mol. The summed E-state index contributed by atoms with van der Waals surface area (Å²) in [5, 5.41) is 20.9. The van der Waals surface area contributed by atoms with Crippen LogP contribution in [0.1, 0.15) is 273 Å². The van der Waals surface area contributed by atoms with Crippen molar-refractivity contribution >= 4 is 128 Å². The van der Waals surface area contributed by atoms with E-state index in [-0.39, 0.29) is 267 Å². The fourth-order valence-corrected chi connectivity index (χ4v) is 26.3. The molecule has 1 aromatic heterocycles. The quantitative estimate of drug-likeness (QED) is 0.0454. The zero-order valence-corrected chi connectivity index (χ0v) is 76.7. The summed E-state index contributed by atoms with van der Waals surface area (Å²) in [6, 6.07) is 14.1. The molecule has 4 amide bonds. The highest BCUT2D eigenvalue weighted by molar-refractivity contribution is 6.04. The number of aliphatic carboxylic acids is 1. The number of aromatic nitrogens is 1. The number of carboxylic acid groups (broad SMARTS) is 1. The number of H-pyrrole nitrogens is 1. The van der Waals surface area contributed by atoms with Crippen LogP contribution < -0.4 is 21.3 Å². The van der Waals surface area contributed by atoms with E-state index < -0.39 is 67.0 Å². The van der Waals surface area contributed by atoms with Crippen molar-refractivity contribution in [3.63, 3.8) is 0 Å². The summed E-state index contributed by atoms with van der Waals surface area (Å²) < 4.78 is 18.1. The second-order valence-electron chi connectivity index (χ2n) is 40.6. The molecular formula is C100H128FN5O24. The smallest absolute Gasteiger partial charge is 0.373 e. The number of ether oxygens (including phenoxy) is 1. The van der Waals surface area contributed by atoms with E-state index in [0.717, 1.165) is 42.1 Å². The lowest BCUT2D eigenvalue weighted by Gasteiger charge is -2.53. The highest BCUT2D eigenvalue weighted by atomic mass is 19.1. The number of rotatable bonds is 24. The summed E-state index contributed by atoms with van der Waals surface area (Å²) in [7, 11) is 0. The van der Waals surface area contributed by atoms with Crippen LogP contribution in [-0.2, 0) is 123 Å². The number of hydrogen-bond acceptors (Lipinski definition) is 23. The van der Waals surface area contributed by atoms with E-state index in [1.807, 2.05) is 79.8 Å². The van der Waals surface area contributed by atoms with Crippen molar-refractivity contribution in [3.8, 4) is 0 Å². The summed E-state index contributed by atoms with van der Waals surface area (Å²) >= 11 is 0. The molecule has 12 aliphatic carbocycles. The van der Waals surface area contributed by atoms with Gasteiger partial charge in [0.1, 0.15) is 75.2 Å². The van der Waals surface area contributed by atoms with Crippen molar-refractivity contribution < 1.29 is 120 Å². The van der Waals surface area contributed by atoms with E-state index in [0.29, 0.717) is 115 Å². The van der Waals surface area contributed by atoms with Gasteiger partial charge in [0.15, 0.2) is 0 Å². The molecule has 0 radical (unpaired) electrons. The highest BCUT2D eigenvalue weighted by Gasteiger charge is 2.68. The Balaban J connectivity index is 0.000000177. The second-order valence-corrected chi connectivity index (χ2v) is 40.6. The van der Waals surface area contributed by atoms with Crippen molar-refractivity contribution in [1.82, 2.24) is 26.3 Å². The zero-order chi connectivity index (χ0) is 95.6. The van der Waals surface area contributed by atoms with Gasteiger partial charge in [-0.2, -0.15) is 19.2 Å². The van der Waals surface area contributed by atoms with Gasteiger partial charge < -0.3 is 36.1 Å². The number of carbonyl (C=O) groups is 18. The minimum absolute atomic E-state index is 0.00673. The lowest BCUT2D eigenvalue weighted by atomic mass is 9.48. The Morgan fingerprint density at radius 3 is 1.12 bits per heavy atom. The third-order valence-corrected chi connectivity index (χ3v) is 33.1. The van der Waals surface area contributed by atoms with Crippen LogP contribution in [0.3, 0.4) is 0 Å². The number of carbonyl (C=O) groups excluding carboxylic acids is 21. The van der Waals surface area contributed by atoms with Gasteiger partial charge in [0, 0.05) is 213 Å². The molecule has 12 saturated carbocycles. The number of amides is 4. The van der Waals surface area contributed by atoms with E-state index in [1.54, 1.807) is 26.0 Å². The first kappa shape index (κ1) is 102. The summed E-state index contributed by atoms with van der Waals surface area (Å²) in [6.45, 7) is 19.5. The first-order chi connectivity index (χ1) is 61.3. The maximum Gasteiger partial charge on any atom is 0.373 e. The number of ketones is 12. The van der Waals surface area contributed by atoms with Crippen LogP contribution in [0.5, 0.6) is 0 Å². The molecule has 3 aromatic rings. The van der Waals surface area contributed by atoms with Crippen LogP contribution in [-0.4, -0.2) is 153 Å². The van der Waals surface area contributed by atoms with Gasteiger partial charge in [-0.05, 0) is 174 Å². The minimum Gasteiger partial charge on any atom is -0.481 e. The molecule has 12 fully saturated rings. The molecule has 0 spiro atoms. The Morgan fingerprint density at radius 2 is 0.777 bits per heavy atom. The van der Waals surface area contributed by atoms with Gasteiger partial charge in [-0.3, -0.25) is 86.3 Å². The molecular weight excluding hydrogens is 1670 g/mol. The molecule has 2 aromatic carbocycles. The highest BCUT2D eigenvalue weighted by Crippen LogP contribution is 2.65. The molecule has 6 N–H and O–H groups in total. The van der Waals surface area contributed by atoms with Gasteiger partial charge >= 0.3 is 24.2 Å². The van der Waals surface area contributed by atoms with Crippen LogP contribution >= 0.6 is 0 Å². The molecule has 30 heteroatoms. The summed E-state index contributed by atoms with van der Waals surface area (Å²) in [5.74, 6) is -2.38. The van der Waals surface area contributed by atoms with E-state index in [4.69, 9.17) is 29.0 Å². The Hall–Kier alpha value is -10.5. The normalized spacial score (nSPS) is 33.7. The summed E-state index contributed by atoms with van der Waals surface area (Å²) in [4.78, 5) is 262. The number of fused-ring (bicyclic) bond motifs is 13. The van der Waals surface area contributed by atoms with Gasteiger partial charge in [0.25, 0.3) is 0 Å². The molecule has 15 rings (SSSR count). The third-order valence-electron chi connectivity index (χ3n) is 33.1. The molecule has 1 heterocycles. The maximum absolute atomic E-state index is 13.4. The fourth-order valence-electron chi connectivity index (χ4n) is 26.3. The lowest BCUT2D eigenvalue weighted by molar-refractivity contribution is -0.193. The van der Waals surface area contributed by atoms with Crippen LogP contribution in [0, 0.1) is 120 Å². The molecule has 130 heavy (non-hydrogen) atoms. The number of para-hydroxylation sites is 1. The van der Waals surface area contributed by atoms with E-state index in [2.05, 4.69) is 32.3 Å². The van der Waals surface area contributed by atoms with Crippen molar-refractivity contribution in [2.75, 3.05) is 19.7 Å². The number of carboxylic acids is 1. The Labute approximate surface area is 757 Å². The molecule has 0 aliphatic heterocycles. The van der Waals surface area contributed by atoms with Gasteiger partial charge in [-0.25, -0.2) is 4.39 Å². The van der Waals surface area contributed by atoms with E-state index >= 15 is 0 Å². The number of nitrogens with one attached hydrogen (secondary N) is 5. The molecule has 0 saturated heterocycles. The largest absolute Gasteiger partial charge is 0.481 e. The number of aromatic amines is 1. The van der Waals surface area contributed by atoms with Crippen molar-refractivity contribution in [2.24, 2.45) is 114 Å². The first-order valence-electron chi connectivity index (χ1n) is 46.5. The van der Waals surface area contributed by atoms with Crippen molar-refractivity contribution in [3.05, 3.63) is 71.7 Å². The molecule has 21 atom stereocenters. The standard InChI is InChI=1S/C29H36N2O4.C25H30FNO4.C23H33NO6.C21H29NO6.2CO2/c1-17(14-18-16-30-22-7-5-4-6-19(18)22)31-26(35)12-13-28(2)24(33)10-8-20-21-9-11-25(34)29(21,3)15-23(32)27(20)28;1-24(11-10-22(31)27-14-15-4-3-5-16(26)12-15)20(29)8-6-17-18-7-9-21(30)25(18,2)13-19(28)23(17)24;1-4-30-20(29)10-12-24-19(28)9-11-22(2)17(26)7-5-14-15-6-8-18(27)23(15,3)13-16(25)21(14)22;1-20(9-7-17(26)22-10-8-18(27)28)15(24)5-3-12-13-4-6-16(25)21(13,2)11-14(23)19(12)20;2*2-1-3/h4-7,16-17,20-21,27,30H,8-15H2,1-3H3,(H,31,35);3-5,12,17-18,23H,6-11,13-14H2,1-2H3,(H,27,31);14-15,21H,4-13H2,1-3H3,(H,24,28);12-13,19H,3-11H2,1-2H3,(H,22,26)(H,27,28);;/t17-,20+,21+,27-,28+,29+;17-,18-,23+,24-,25-;14-,15-,21+,22-,23-;12-,13-,19+,20-,21-;;/m1000../s1. The first-order valence-corrected chi connectivity index (χ1v) is 46.5. The Morgan fingerprint density at radius 1 is 0.446 bits per heavy atom. The topological polar surface area (TPSA) is 469 Å². The Kier molecular flexibility index (Phi) is 32.8. The van der Waals surface area contributed by atoms with Gasteiger partial charge in [-0.15, -0.1) is 0 Å². The van der Waals surface area contributed by atoms with Crippen LogP contribution in [0.25, 0.3) is 10.9 Å². The van der Waals surface area contributed by atoms with Gasteiger partial charge in [0.05, 0.1) is 19.4 Å². The predicted molar refractivity (Wildman–Crippen MR) is 463 cm³/mol. The number of esters is 1. The maximum atomic E-state index is 13.4. The monoisotopic (exact) mass is 1800 g/mol. The lowest BCUT2D eigenvalue weighted by Crippen LogP contribution is -2.56. The SMILES string of the molecule is CCOC(=O)CCNC(=O)CC[C@@]1(C)C(=O)CC[C@@H]2[C@@H]1C(=O)C[C@]1(C)C(=O)CC[C@@H]21.C[C@H](Cc1c[nH]c2ccccc12)NC(=O)CC[C@@]1(C)C(=O)CC[C@@H]2[C@@H]1C(=O)C[C@]1(C)C(=O)CC[C@@H]21.C[C@]1(CCC(=O)NCCC(=O)O)C(=O)CC[C@@H]2[C@@H]1C(=O)C[C@]1(C)C(=O)CC[C@@H]21.C[C@]1(CCC(=O)NCc2cccc(F)c2)C(=O)CC[C@@H]2[C@@H]1C(=O)C[C@]1(C)C(=O)CC[C@@H]21.O=C=O.O=C=O. The predicted octanol–water partition coefficient (Wildman–Crippen LogP) is 11.5. The second kappa shape index (κ2) is 42.0. The third kappa shape index (κ3) is 21.0. The van der Waals surface area contributed by atoms with Crippen LogP contribution in [0.15, 0.2) is 54.7 Å². The fraction of sp³-hybridized carbons (Fsp3) is 0.660. The molecule has 704 valence electrons. The number of Topliss-reactive ketones (excluding diaryl/α,β-unsaturated/α-hetero) is 12. The molecule has 12 aliphatic rings. The van der Waals surface area contributed by atoms with E-state index in [9.17, 15) is 90.7 Å². The molecule has 29 nitrogen and oxygen atoms in total. The van der Waals surface area contributed by atoms with Crippen molar-refractivity contribution in [1.29, 1.82) is 0 Å². The molecule has 0 bridgehead atoms. The number of halogens is 1. The summed E-state index contributed by atoms with van der Waals surface area (Å²) in [6.07, 6.45) is 15.4. The summed E-state index contributed by atoms with van der Waals surface area (Å²) in [5.41, 5.74) is -2.87. The average Bonchev–Trinajstić information content (AvgIpc) is 1.51. The van der Waals surface area contributed by atoms with E-state index in [1.165, 1.54) is 12.1 Å². The van der Waals surface area contributed by atoms with Gasteiger partial charge in [-0.1, -0.05) is 85.7 Å². The van der Waals surface area contributed by atoms with Crippen molar-refractivity contribution in [2.45, 2.75) is 281 Å². The zero-order valence-electron chi connectivity index (χ0n) is 76.7. The number of hydrogen-bond donors (Lipinski definition) is 6. The van der Waals surface area contributed by atoms with Gasteiger partial charge in [0.2, 0.25) is 23.6 Å². The van der Waals surface area contributed by atoms with Crippen LogP contribution in [0.4, 0.5) is 4.39 Å².